The maximum absolute atomic E-state index is 14.3. The van der Waals surface area contributed by atoms with E-state index < -0.39 is 79.4 Å². The van der Waals surface area contributed by atoms with E-state index in [0.717, 1.165) is 39.4 Å². The van der Waals surface area contributed by atoms with Gasteiger partial charge in [-0.15, -0.1) is 0 Å². The molecule has 0 unspecified atom stereocenters. The van der Waals surface area contributed by atoms with Crippen LogP contribution in [0.4, 0.5) is 0 Å². The van der Waals surface area contributed by atoms with Gasteiger partial charge in [0.2, 0.25) is 5.78 Å². The van der Waals surface area contributed by atoms with Gasteiger partial charge in [-0.2, -0.15) is 5.10 Å². The van der Waals surface area contributed by atoms with Crippen LogP contribution in [0, 0.1) is 3.57 Å². The highest BCUT2D eigenvalue weighted by atomic mass is 127. The first-order valence-corrected chi connectivity index (χ1v) is 16.3. The number of fused-ring (bicyclic) bond motifs is 5. The number of hydrogen-bond acceptors (Lipinski definition) is 13. The highest BCUT2D eigenvalue weighted by Gasteiger charge is 2.62. The van der Waals surface area contributed by atoms with Gasteiger partial charge in [-0.25, -0.2) is 5.43 Å². The van der Waals surface area contributed by atoms with Crippen LogP contribution in [-0.2, 0) is 21.4 Å². The number of Topliss-reactive ketones (excluding diaryl/α,β-unsaturated/α-hetero) is 3. The molecule has 1 atom stereocenters. The number of allylic oxidation sites excluding steroid dienone is 2. The predicted octanol–water partition coefficient (Wildman–Crippen LogP) is 1.12. The smallest absolute Gasteiger partial charge is 0.260 e. The lowest BCUT2D eigenvalue weighted by Crippen LogP contribution is -2.47. The second-order valence-electron chi connectivity index (χ2n) is 12.4. The van der Waals surface area contributed by atoms with Gasteiger partial charge in [0.05, 0.1) is 53.2 Å². The number of aromatic nitrogens is 1. The molecule has 1 aromatic heterocycles. The Hall–Kier alpha value is -4.94. The molecular formula is C33H28IN5O10. The number of ketones is 4. The zero-order chi connectivity index (χ0) is 35.1. The molecule has 1 spiro atoms. The minimum absolute atomic E-state index is 0.0929. The number of aromatic hydroxyl groups is 3. The topological polar surface area (TPSA) is 219 Å². The van der Waals surface area contributed by atoms with E-state index in [9.17, 15) is 44.1 Å². The van der Waals surface area contributed by atoms with Gasteiger partial charge in [0, 0.05) is 46.8 Å². The number of carbonyl (C=O) groups is 5. The summed E-state index contributed by atoms with van der Waals surface area (Å²) in [5.41, 5.74) is -2.63. The summed E-state index contributed by atoms with van der Waals surface area (Å²) in [6.45, 7) is 3.36. The molecule has 3 aliphatic carbocycles. The van der Waals surface area contributed by atoms with E-state index in [2.05, 4.69) is 20.4 Å². The van der Waals surface area contributed by atoms with Crippen LogP contribution in [0.15, 0.2) is 27.8 Å². The first-order chi connectivity index (χ1) is 23.3. The molecule has 2 heterocycles. The number of ether oxygens (including phenoxy) is 1. The van der Waals surface area contributed by atoms with Gasteiger partial charge in [-0.3, -0.25) is 33.7 Å². The molecule has 1 aliphatic heterocycles. The fourth-order valence-corrected chi connectivity index (χ4v) is 8.25. The summed E-state index contributed by atoms with van der Waals surface area (Å²) < 4.78 is 5.39. The lowest BCUT2D eigenvalue weighted by molar-refractivity contribution is -0.122. The summed E-state index contributed by atoms with van der Waals surface area (Å²) in [6, 6.07) is 1.54. The number of pyridine rings is 1. The van der Waals surface area contributed by atoms with Crippen molar-refractivity contribution in [1.82, 2.24) is 20.2 Å². The largest absolute Gasteiger partial charge is 0.507 e. The minimum Gasteiger partial charge on any atom is -0.507 e. The van der Waals surface area contributed by atoms with Crippen LogP contribution in [0.2, 0.25) is 0 Å². The van der Waals surface area contributed by atoms with E-state index in [4.69, 9.17) is 4.74 Å². The number of nitrogens with zero attached hydrogens (tertiary/aromatic N) is 3. The number of benzene rings is 2. The van der Waals surface area contributed by atoms with Crippen molar-refractivity contribution < 1.29 is 44.0 Å². The molecule has 0 saturated carbocycles. The Morgan fingerprint density at radius 3 is 2.33 bits per heavy atom. The summed E-state index contributed by atoms with van der Waals surface area (Å²) in [6.07, 6.45) is 1.97. The quantitative estimate of drug-likeness (QED) is 0.0809. The van der Waals surface area contributed by atoms with Crippen molar-refractivity contribution in [2.75, 3.05) is 46.9 Å². The summed E-state index contributed by atoms with van der Waals surface area (Å²) >= 11 is 1.96. The lowest BCUT2D eigenvalue weighted by Gasteiger charge is -2.31. The van der Waals surface area contributed by atoms with Crippen molar-refractivity contribution in [2.24, 2.45) is 5.10 Å². The zero-order valence-corrected chi connectivity index (χ0v) is 28.3. The molecule has 16 heteroatoms. The van der Waals surface area contributed by atoms with Crippen LogP contribution in [0.25, 0.3) is 10.8 Å². The van der Waals surface area contributed by atoms with E-state index in [-0.39, 0.29) is 41.9 Å². The molecule has 4 aliphatic rings. The van der Waals surface area contributed by atoms with E-state index in [1.807, 2.05) is 34.5 Å². The standard InChI is InChI=1S/C33H28IN5O10/c1-38-5-7-39(8-6-38)12-18(41)37-35-11-13-9-15-19(32(48)36-13)29(45)24-14(25(15)34)3-4-33(24)30(46)22-23(31(33)47)28(44)21-20(27(22)43)16(40)10-17(49-2)26(21)42/h9-11,43-45H,3-8,12H2,1-2H3,(H,36,48)(H,37,41)/b35-11+/t33-/m0/s1. The van der Waals surface area contributed by atoms with E-state index >= 15 is 0 Å². The van der Waals surface area contributed by atoms with Gasteiger partial charge in [0.1, 0.15) is 22.7 Å². The molecule has 0 radical (unpaired) electrons. The second-order valence-corrected chi connectivity index (χ2v) is 13.5. The minimum atomic E-state index is -2.15. The third kappa shape index (κ3) is 4.64. The molecule has 1 saturated heterocycles. The number of phenols is 3. The number of phenolic OH excluding ortho intramolecular Hbond substituents is 3. The Balaban J connectivity index is 1.27. The molecule has 7 rings (SSSR count). The van der Waals surface area contributed by atoms with Gasteiger partial charge >= 0.3 is 0 Å². The van der Waals surface area contributed by atoms with Crippen molar-refractivity contribution >= 4 is 68.6 Å². The SMILES string of the molecule is COC1=CC(=O)c2c(O)c3c(c(O)c2C1=O)C(=O)[C@]1(CCc2c1c(O)c1c(=O)[nH]c(/C=N/NC(=O)CN4CCN(C)CC4)cc1c2I)C3=O. The average Bonchev–Trinajstić information content (AvgIpc) is 3.57. The maximum atomic E-state index is 14.3. The molecular weight excluding hydrogens is 753 g/mol. The zero-order valence-electron chi connectivity index (χ0n) is 26.1. The molecule has 5 N–H and O–H groups in total. The second kappa shape index (κ2) is 11.6. The molecule has 1 amide bonds. The number of nitrogens with one attached hydrogen (secondary N) is 2. The Bertz CT molecular complexity index is 2220. The summed E-state index contributed by atoms with van der Waals surface area (Å²) in [5.74, 6) is -7.16. The van der Waals surface area contributed by atoms with E-state index in [0.29, 0.717) is 14.5 Å². The molecule has 15 nitrogen and oxygen atoms in total. The third-order valence-electron chi connectivity index (χ3n) is 9.72. The van der Waals surface area contributed by atoms with Crippen molar-refractivity contribution in [3.8, 4) is 17.2 Å². The summed E-state index contributed by atoms with van der Waals surface area (Å²) in [4.78, 5) is 87.0. The monoisotopic (exact) mass is 781 g/mol. The van der Waals surface area contributed by atoms with Gasteiger partial charge in [-0.05, 0) is 54.1 Å². The molecule has 3 aromatic rings. The van der Waals surface area contributed by atoms with Crippen molar-refractivity contribution in [3.63, 3.8) is 0 Å². The number of rotatable bonds is 5. The van der Waals surface area contributed by atoms with Crippen LogP contribution in [0.1, 0.15) is 64.7 Å². The molecule has 252 valence electrons. The molecule has 0 bridgehead atoms. The Labute approximate surface area is 290 Å². The summed E-state index contributed by atoms with van der Waals surface area (Å²) in [5, 5.41) is 38.1. The number of methoxy groups -OCH3 is 1. The number of hydrazone groups is 1. The van der Waals surface area contributed by atoms with E-state index in [1.54, 1.807) is 0 Å². The van der Waals surface area contributed by atoms with Crippen LogP contribution in [0.5, 0.6) is 17.2 Å². The Morgan fingerprint density at radius 2 is 1.67 bits per heavy atom. The third-order valence-corrected chi connectivity index (χ3v) is 11.0. The number of aromatic amines is 1. The number of amides is 1. The van der Waals surface area contributed by atoms with Crippen molar-refractivity contribution in [3.05, 3.63) is 70.9 Å². The van der Waals surface area contributed by atoms with Crippen LogP contribution in [-0.4, -0.2) is 112 Å². The normalized spacial score (nSPS) is 20.7. The number of halogens is 1. The number of hydrogen-bond donors (Lipinski definition) is 5. The highest BCUT2D eigenvalue weighted by molar-refractivity contribution is 14.1. The Morgan fingerprint density at radius 1 is 1.02 bits per heavy atom. The van der Waals surface area contributed by atoms with Crippen LogP contribution < -0.4 is 11.0 Å². The number of H-pyrrole nitrogens is 1. The molecule has 2 aromatic carbocycles. The van der Waals surface area contributed by atoms with Gasteiger partial charge in [0.15, 0.2) is 23.1 Å². The lowest BCUT2D eigenvalue weighted by atomic mass is 9.76. The fraction of sp³-hybridized carbons (Fsp3) is 0.303. The maximum Gasteiger partial charge on any atom is 0.260 e. The predicted molar refractivity (Wildman–Crippen MR) is 181 cm³/mol. The van der Waals surface area contributed by atoms with Crippen molar-refractivity contribution in [1.29, 1.82) is 0 Å². The van der Waals surface area contributed by atoms with Gasteiger partial charge in [0.25, 0.3) is 11.5 Å². The molecule has 49 heavy (non-hydrogen) atoms. The number of piperazine rings is 1. The molecule has 1 fully saturated rings. The highest BCUT2D eigenvalue weighted by Crippen LogP contribution is 2.58. The number of likely N-dealkylation sites (N-methyl/N-ethyl adjacent to an activating group) is 1. The summed E-state index contributed by atoms with van der Waals surface area (Å²) in [7, 11) is 3.14. The van der Waals surface area contributed by atoms with Crippen LogP contribution >= 0.6 is 22.6 Å². The van der Waals surface area contributed by atoms with Gasteiger partial charge in [-0.1, -0.05) is 0 Å². The van der Waals surface area contributed by atoms with Crippen LogP contribution in [0.3, 0.4) is 0 Å². The van der Waals surface area contributed by atoms with Crippen molar-refractivity contribution in [2.45, 2.75) is 18.3 Å². The number of carbonyl (C=O) groups excluding carboxylic acids is 5. The van der Waals surface area contributed by atoms with E-state index in [1.165, 1.54) is 12.3 Å². The first kappa shape index (κ1) is 32.6. The fourth-order valence-electron chi connectivity index (χ4n) is 7.29. The Kier molecular flexibility index (Phi) is 7.71. The average molecular weight is 782 g/mol. The van der Waals surface area contributed by atoms with Gasteiger partial charge < -0.3 is 29.9 Å². The first-order valence-electron chi connectivity index (χ1n) is 15.2.